The molecule has 0 aliphatic heterocycles. The summed E-state index contributed by atoms with van der Waals surface area (Å²) in [6, 6.07) is 7.40. The molecule has 1 aromatic rings. The van der Waals surface area contributed by atoms with Crippen molar-refractivity contribution in [2.75, 3.05) is 0 Å². The minimum absolute atomic E-state index is 0.192. The third kappa shape index (κ3) is 3.23. The molecule has 1 aliphatic rings. The summed E-state index contributed by atoms with van der Waals surface area (Å²) < 4.78 is 25.4. The maximum Gasteiger partial charge on any atom is 0.157 e. The molecule has 2 unspecified atom stereocenters. The Bertz CT molecular complexity index is 530. The highest BCUT2D eigenvalue weighted by Crippen LogP contribution is 2.30. The van der Waals surface area contributed by atoms with Crippen LogP contribution < -0.4 is 5.73 Å². The van der Waals surface area contributed by atoms with Gasteiger partial charge < -0.3 is 5.73 Å². The van der Waals surface area contributed by atoms with Gasteiger partial charge in [0, 0.05) is 6.04 Å². The first-order chi connectivity index (χ1) is 9.43. The zero-order valence-electron chi connectivity index (χ0n) is 12.4. The summed E-state index contributed by atoms with van der Waals surface area (Å²) in [7, 11) is -3.14. The van der Waals surface area contributed by atoms with Gasteiger partial charge in [0.15, 0.2) is 9.84 Å². The summed E-state index contributed by atoms with van der Waals surface area (Å²) in [4.78, 5) is 0. The van der Waals surface area contributed by atoms with E-state index in [1.807, 2.05) is 31.2 Å². The Labute approximate surface area is 122 Å². The average Bonchev–Trinajstić information content (AvgIpc) is 2.47. The highest BCUT2D eigenvalue weighted by Gasteiger charge is 2.35. The van der Waals surface area contributed by atoms with E-state index in [0.717, 1.165) is 43.2 Å². The van der Waals surface area contributed by atoms with E-state index < -0.39 is 21.1 Å². The molecule has 0 aromatic heterocycles. The Hall–Kier alpha value is -0.870. The summed E-state index contributed by atoms with van der Waals surface area (Å²) in [5.74, 6) is 0. The maximum absolute atomic E-state index is 12.7. The fourth-order valence-corrected chi connectivity index (χ4v) is 5.12. The number of hydrogen-bond donors (Lipinski definition) is 1. The van der Waals surface area contributed by atoms with E-state index in [1.54, 1.807) is 6.92 Å². The highest BCUT2D eigenvalue weighted by molar-refractivity contribution is 7.92. The number of rotatable bonds is 4. The van der Waals surface area contributed by atoms with Gasteiger partial charge in [0.25, 0.3) is 0 Å². The molecule has 2 atom stereocenters. The van der Waals surface area contributed by atoms with Gasteiger partial charge in [-0.15, -0.1) is 0 Å². The molecule has 20 heavy (non-hydrogen) atoms. The predicted molar refractivity (Wildman–Crippen MR) is 83.4 cm³/mol. The van der Waals surface area contributed by atoms with E-state index in [2.05, 4.69) is 0 Å². The lowest BCUT2D eigenvalue weighted by atomic mass is 10.0. The van der Waals surface area contributed by atoms with Crippen LogP contribution in [0, 0.1) is 6.92 Å². The Morgan fingerprint density at radius 2 is 1.65 bits per heavy atom. The largest absolute Gasteiger partial charge is 0.323 e. The van der Waals surface area contributed by atoms with Gasteiger partial charge in [-0.3, -0.25) is 0 Å². The lowest BCUT2D eigenvalue weighted by Gasteiger charge is -2.28. The van der Waals surface area contributed by atoms with E-state index in [-0.39, 0.29) is 5.25 Å². The zero-order chi connectivity index (χ0) is 14.8. The Morgan fingerprint density at radius 3 is 2.20 bits per heavy atom. The van der Waals surface area contributed by atoms with Gasteiger partial charge in [0.2, 0.25) is 0 Å². The molecule has 3 nitrogen and oxygen atoms in total. The number of nitrogens with two attached hydrogens (primary N) is 1. The molecular weight excluding hydrogens is 270 g/mol. The van der Waals surface area contributed by atoms with Crippen LogP contribution in [0.4, 0.5) is 0 Å². The van der Waals surface area contributed by atoms with Crippen molar-refractivity contribution in [2.24, 2.45) is 5.73 Å². The minimum atomic E-state index is -3.14. The van der Waals surface area contributed by atoms with Gasteiger partial charge in [-0.05, 0) is 32.3 Å². The second-order valence-electron chi connectivity index (χ2n) is 5.99. The van der Waals surface area contributed by atoms with Crippen LogP contribution in [0.1, 0.15) is 56.2 Å². The standard InChI is InChI=1S/C16H25NO2S/c1-12-8-10-14(11-9-12)16(17)13(2)20(18,19)15-6-4-3-5-7-15/h8-11,13,15-16H,3-7,17H2,1-2H3. The van der Waals surface area contributed by atoms with Crippen molar-refractivity contribution < 1.29 is 8.42 Å². The lowest BCUT2D eigenvalue weighted by Crippen LogP contribution is -2.38. The molecule has 0 heterocycles. The predicted octanol–water partition coefficient (Wildman–Crippen LogP) is 3.13. The normalized spacial score (nSPS) is 20.6. The first-order valence-corrected chi connectivity index (χ1v) is 9.08. The van der Waals surface area contributed by atoms with Crippen molar-refractivity contribution in [3.05, 3.63) is 35.4 Å². The van der Waals surface area contributed by atoms with Gasteiger partial charge in [0.05, 0.1) is 10.5 Å². The van der Waals surface area contributed by atoms with Crippen LogP contribution >= 0.6 is 0 Å². The van der Waals surface area contributed by atoms with Crippen molar-refractivity contribution >= 4 is 9.84 Å². The quantitative estimate of drug-likeness (QED) is 0.928. The van der Waals surface area contributed by atoms with Crippen LogP contribution in [0.2, 0.25) is 0 Å². The molecule has 0 amide bonds. The van der Waals surface area contributed by atoms with Crippen LogP contribution in [0.3, 0.4) is 0 Å². The van der Waals surface area contributed by atoms with Gasteiger partial charge in [-0.2, -0.15) is 0 Å². The molecular formula is C16H25NO2S. The summed E-state index contributed by atoms with van der Waals surface area (Å²) in [5, 5.41) is -0.712. The highest BCUT2D eigenvalue weighted by atomic mass is 32.2. The van der Waals surface area contributed by atoms with E-state index in [0.29, 0.717) is 0 Å². The molecule has 4 heteroatoms. The lowest BCUT2D eigenvalue weighted by molar-refractivity contribution is 0.473. The van der Waals surface area contributed by atoms with Crippen LogP contribution in [-0.4, -0.2) is 18.9 Å². The second kappa shape index (κ2) is 6.27. The molecule has 1 aromatic carbocycles. The van der Waals surface area contributed by atoms with Crippen LogP contribution in [-0.2, 0) is 9.84 Å². The summed E-state index contributed by atoms with van der Waals surface area (Å²) in [5.41, 5.74) is 8.26. The third-order valence-corrected chi connectivity index (χ3v) is 7.23. The molecule has 0 saturated heterocycles. The number of hydrogen-bond acceptors (Lipinski definition) is 3. The molecule has 112 valence electrons. The van der Waals surface area contributed by atoms with Crippen LogP contribution in [0.25, 0.3) is 0 Å². The SMILES string of the molecule is Cc1ccc(C(N)C(C)S(=O)(=O)C2CCCCC2)cc1. The first-order valence-electron chi connectivity index (χ1n) is 7.48. The Balaban J connectivity index is 2.16. The van der Waals surface area contributed by atoms with Crippen molar-refractivity contribution in [2.45, 2.75) is 62.5 Å². The van der Waals surface area contributed by atoms with Crippen molar-refractivity contribution in [1.29, 1.82) is 0 Å². The minimum Gasteiger partial charge on any atom is -0.323 e. The molecule has 2 rings (SSSR count). The monoisotopic (exact) mass is 295 g/mol. The third-order valence-electron chi connectivity index (χ3n) is 4.50. The van der Waals surface area contributed by atoms with E-state index >= 15 is 0 Å². The topological polar surface area (TPSA) is 60.2 Å². The Kier molecular flexibility index (Phi) is 4.86. The maximum atomic E-state index is 12.7. The van der Waals surface area contributed by atoms with E-state index in [1.165, 1.54) is 0 Å². The summed E-state index contributed by atoms with van der Waals surface area (Å²) in [6.45, 7) is 3.77. The number of sulfone groups is 1. The molecule has 0 spiro atoms. The molecule has 1 fully saturated rings. The average molecular weight is 295 g/mol. The molecule has 2 N–H and O–H groups in total. The number of benzene rings is 1. The van der Waals surface area contributed by atoms with Crippen molar-refractivity contribution in [3.8, 4) is 0 Å². The zero-order valence-corrected chi connectivity index (χ0v) is 13.2. The van der Waals surface area contributed by atoms with Crippen molar-refractivity contribution in [3.63, 3.8) is 0 Å². The summed E-state index contributed by atoms with van der Waals surface area (Å²) in [6.07, 6.45) is 4.80. The molecule has 1 saturated carbocycles. The van der Waals surface area contributed by atoms with E-state index in [9.17, 15) is 8.42 Å². The van der Waals surface area contributed by atoms with E-state index in [4.69, 9.17) is 5.73 Å². The van der Waals surface area contributed by atoms with Gasteiger partial charge >= 0.3 is 0 Å². The molecule has 0 radical (unpaired) electrons. The first kappa shape index (κ1) is 15.5. The van der Waals surface area contributed by atoms with Crippen LogP contribution in [0.15, 0.2) is 24.3 Å². The van der Waals surface area contributed by atoms with Crippen LogP contribution in [0.5, 0.6) is 0 Å². The fourth-order valence-electron chi connectivity index (χ4n) is 2.96. The fraction of sp³-hybridized carbons (Fsp3) is 0.625. The molecule has 0 bridgehead atoms. The Morgan fingerprint density at radius 1 is 1.10 bits per heavy atom. The van der Waals surface area contributed by atoms with Gasteiger partial charge in [0.1, 0.15) is 0 Å². The van der Waals surface area contributed by atoms with Gasteiger partial charge in [-0.25, -0.2) is 8.42 Å². The van der Waals surface area contributed by atoms with Gasteiger partial charge in [-0.1, -0.05) is 49.1 Å². The smallest absolute Gasteiger partial charge is 0.157 e. The summed E-state index contributed by atoms with van der Waals surface area (Å²) >= 11 is 0. The second-order valence-corrected chi connectivity index (χ2v) is 8.58. The molecule has 1 aliphatic carbocycles. The van der Waals surface area contributed by atoms with Crippen molar-refractivity contribution in [1.82, 2.24) is 0 Å². The number of aryl methyl sites for hydroxylation is 1.